The molecule has 0 bridgehead atoms. The van der Waals surface area contributed by atoms with Gasteiger partial charge in [-0.25, -0.2) is 12.8 Å². The molecule has 0 saturated heterocycles. The zero-order valence-electron chi connectivity index (χ0n) is 10.8. The summed E-state index contributed by atoms with van der Waals surface area (Å²) in [6.45, 7) is 0.390. The lowest BCUT2D eigenvalue weighted by Gasteiger charge is -2.08. The number of hydrogen-bond donors (Lipinski definition) is 0. The van der Waals surface area contributed by atoms with Gasteiger partial charge in [-0.2, -0.15) is 0 Å². The summed E-state index contributed by atoms with van der Waals surface area (Å²) in [5.41, 5.74) is 0.380. The Labute approximate surface area is 133 Å². The minimum atomic E-state index is -4.07. The molecule has 1 heterocycles. The van der Waals surface area contributed by atoms with Gasteiger partial charge >= 0.3 is 0 Å². The second kappa shape index (κ2) is 6.39. The molecule has 0 radical (unpaired) electrons. The maximum atomic E-state index is 13.6. The van der Waals surface area contributed by atoms with Gasteiger partial charge in [-0.05, 0) is 34.1 Å². The predicted octanol–water partition coefficient (Wildman–Crippen LogP) is 2.42. The normalized spacial score (nSPS) is 11.8. The fraction of sp³-hybridized carbons (Fsp3) is 0.273. The molecular formula is C11H10BrClFN3O3S. The molecule has 6 nitrogen and oxygen atoms in total. The van der Waals surface area contributed by atoms with Crippen molar-refractivity contribution in [1.29, 1.82) is 0 Å². The first-order valence-corrected chi connectivity index (χ1v) is 8.77. The first kappa shape index (κ1) is 16.3. The first-order valence-electron chi connectivity index (χ1n) is 5.67. The van der Waals surface area contributed by atoms with Crippen LogP contribution in [0.15, 0.2) is 27.8 Å². The van der Waals surface area contributed by atoms with E-state index in [-0.39, 0.29) is 19.0 Å². The fourth-order valence-corrected chi connectivity index (χ4v) is 2.87. The van der Waals surface area contributed by atoms with Gasteiger partial charge in [0.15, 0.2) is 5.82 Å². The number of halogens is 3. The molecule has 0 unspecified atom stereocenters. The van der Waals surface area contributed by atoms with Crippen molar-refractivity contribution in [2.75, 3.05) is 13.7 Å². The standard InChI is InChI=1S/C11H10BrClFN3O3S/c1-20-5-4-17-10(15-16-11(17)21(13,18)19)7-2-3-8(12)9(14)6-7/h2-3,6H,4-5H2,1H3. The maximum absolute atomic E-state index is 13.6. The van der Waals surface area contributed by atoms with Crippen LogP contribution in [0.2, 0.25) is 0 Å². The average Bonchev–Trinajstić information content (AvgIpc) is 2.83. The van der Waals surface area contributed by atoms with Gasteiger partial charge in [0.1, 0.15) is 5.82 Å². The molecule has 0 amide bonds. The van der Waals surface area contributed by atoms with Crippen LogP contribution in [-0.4, -0.2) is 36.9 Å². The Balaban J connectivity index is 2.57. The summed E-state index contributed by atoms with van der Waals surface area (Å²) >= 11 is 3.04. The zero-order valence-corrected chi connectivity index (χ0v) is 13.9. The molecule has 114 valence electrons. The molecule has 0 atom stereocenters. The van der Waals surface area contributed by atoms with E-state index in [4.69, 9.17) is 15.4 Å². The monoisotopic (exact) mass is 397 g/mol. The van der Waals surface area contributed by atoms with Crippen LogP contribution >= 0.6 is 26.6 Å². The van der Waals surface area contributed by atoms with E-state index >= 15 is 0 Å². The molecule has 10 heteroatoms. The van der Waals surface area contributed by atoms with Crippen LogP contribution in [0.1, 0.15) is 0 Å². The van der Waals surface area contributed by atoms with Crippen molar-refractivity contribution in [3.8, 4) is 11.4 Å². The topological polar surface area (TPSA) is 74.1 Å². The third kappa shape index (κ3) is 3.60. The van der Waals surface area contributed by atoms with Crippen LogP contribution in [0.25, 0.3) is 11.4 Å². The molecule has 2 rings (SSSR count). The molecule has 0 spiro atoms. The van der Waals surface area contributed by atoms with Crippen LogP contribution in [0, 0.1) is 5.82 Å². The number of benzene rings is 1. The number of ether oxygens (including phenoxy) is 1. The fourth-order valence-electron chi connectivity index (χ4n) is 1.70. The summed E-state index contributed by atoms with van der Waals surface area (Å²) in [4.78, 5) is 0. The smallest absolute Gasteiger partial charge is 0.296 e. The minimum Gasteiger partial charge on any atom is -0.383 e. The predicted molar refractivity (Wildman–Crippen MR) is 78.0 cm³/mol. The summed E-state index contributed by atoms with van der Waals surface area (Å²) in [6, 6.07) is 4.31. The lowest BCUT2D eigenvalue weighted by molar-refractivity contribution is 0.185. The second-order valence-electron chi connectivity index (χ2n) is 4.02. The van der Waals surface area contributed by atoms with Crippen molar-refractivity contribution in [3.05, 3.63) is 28.5 Å². The number of nitrogens with zero attached hydrogens (tertiary/aromatic N) is 3. The Hall–Kier alpha value is -1.03. The molecule has 21 heavy (non-hydrogen) atoms. The summed E-state index contributed by atoms with van der Waals surface area (Å²) in [5.74, 6) is -0.304. The summed E-state index contributed by atoms with van der Waals surface area (Å²) in [7, 11) is 2.73. The Kier molecular flexibility index (Phi) is 4.97. The lowest BCUT2D eigenvalue weighted by Crippen LogP contribution is -2.11. The third-order valence-electron chi connectivity index (χ3n) is 2.63. The molecule has 0 aliphatic carbocycles. The quantitative estimate of drug-likeness (QED) is 0.723. The number of aromatic nitrogens is 3. The highest BCUT2D eigenvalue weighted by Crippen LogP contribution is 2.25. The van der Waals surface area contributed by atoms with Crippen molar-refractivity contribution < 1.29 is 17.5 Å². The molecule has 0 aliphatic rings. The molecule has 0 saturated carbocycles. The number of methoxy groups -OCH3 is 1. The Morgan fingerprint density at radius 3 is 2.71 bits per heavy atom. The van der Waals surface area contributed by atoms with Gasteiger partial charge in [0.2, 0.25) is 0 Å². The van der Waals surface area contributed by atoms with Crippen molar-refractivity contribution in [1.82, 2.24) is 14.8 Å². The van der Waals surface area contributed by atoms with Crippen LogP contribution < -0.4 is 0 Å². The molecule has 1 aromatic heterocycles. The molecule has 0 fully saturated rings. The van der Waals surface area contributed by atoms with E-state index in [0.717, 1.165) is 0 Å². The summed E-state index contributed by atoms with van der Waals surface area (Å²) in [6.07, 6.45) is 0. The number of rotatable bonds is 5. The van der Waals surface area contributed by atoms with Crippen LogP contribution in [0.4, 0.5) is 4.39 Å². The molecular weight excluding hydrogens is 389 g/mol. The highest BCUT2D eigenvalue weighted by molar-refractivity contribution is 9.10. The largest absolute Gasteiger partial charge is 0.383 e. The Morgan fingerprint density at radius 2 is 2.14 bits per heavy atom. The van der Waals surface area contributed by atoms with Gasteiger partial charge in [0, 0.05) is 23.4 Å². The van der Waals surface area contributed by atoms with Crippen molar-refractivity contribution >= 4 is 35.7 Å². The van der Waals surface area contributed by atoms with Crippen molar-refractivity contribution in [2.45, 2.75) is 11.7 Å². The molecule has 1 aromatic carbocycles. The minimum absolute atomic E-state index is 0.164. The van der Waals surface area contributed by atoms with E-state index in [2.05, 4.69) is 26.1 Å². The second-order valence-corrected chi connectivity index (χ2v) is 7.33. The SMILES string of the molecule is COCCn1c(-c2ccc(Br)c(F)c2)nnc1S(=O)(=O)Cl. The number of hydrogen-bond acceptors (Lipinski definition) is 5. The van der Waals surface area contributed by atoms with Gasteiger partial charge in [-0.3, -0.25) is 4.57 Å². The highest BCUT2D eigenvalue weighted by atomic mass is 79.9. The van der Waals surface area contributed by atoms with Crippen LogP contribution in [0.5, 0.6) is 0 Å². The average molecular weight is 399 g/mol. The van der Waals surface area contributed by atoms with Crippen LogP contribution in [-0.2, 0) is 20.3 Å². The van der Waals surface area contributed by atoms with Gasteiger partial charge in [-0.15, -0.1) is 10.2 Å². The van der Waals surface area contributed by atoms with E-state index in [1.807, 2.05) is 0 Å². The Morgan fingerprint density at radius 1 is 1.43 bits per heavy atom. The molecule has 0 aliphatic heterocycles. The van der Waals surface area contributed by atoms with Crippen LogP contribution in [0.3, 0.4) is 0 Å². The van der Waals surface area contributed by atoms with Crippen molar-refractivity contribution in [3.63, 3.8) is 0 Å². The van der Waals surface area contributed by atoms with Crippen molar-refractivity contribution in [2.24, 2.45) is 0 Å². The van der Waals surface area contributed by atoms with E-state index in [1.54, 1.807) is 6.07 Å². The van der Waals surface area contributed by atoms with Gasteiger partial charge in [0.05, 0.1) is 17.6 Å². The zero-order chi connectivity index (χ0) is 15.6. The van der Waals surface area contributed by atoms with E-state index < -0.39 is 20.0 Å². The molecule has 2 aromatic rings. The third-order valence-corrected chi connectivity index (χ3v) is 4.43. The first-order chi connectivity index (χ1) is 9.84. The van der Waals surface area contributed by atoms with E-state index in [1.165, 1.54) is 23.8 Å². The van der Waals surface area contributed by atoms with E-state index in [0.29, 0.717) is 10.0 Å². The van der Waals surface area contributed by atoms with E-state index in [9.17, 15) is 12.8 Å². The molecule has 0 N–H and O–H groups in total. The maximum Gasteiger partial charge on any atom is 0.296 e. The Bertz CT molecular complexity index is 766. The highest BCUT2D eigenvalue weighted by Gasteiger charge is 2.23. The lowest BCUT2D eigenvalue weighted by atomic mass is 10.2. The summed E-state index contributed by atoms with van der Waals surface area (Å²) in [5, 5.41) is 6.96. The van der Waals surface area contributed by atoms with Gasteiger partial charge in [0.25, 0.3) is 14.2 Å². The summed E-state index contributed by atoms with van der Waals surface area (Å²) < 4.78 is 43.1. The van der Waals surface area contributed by atoms with Gasteiger partial charge in [-0.1, -0.05) is 0 Å². The van der Waals surface area contributed by atoms with Gasteiger partial charge < -0.3 is 4.74 Å².